The van der Waals surface area contributed by atoms with Crippen molar-refractivity contribution in [1.82, 2.24) is 15.2 Å². The van der Waals surface area contributed by atoms with Gasteiger partial charge in [0.05, 0.1) is 0 Å². The first-order valence-electron chi connectivity index (χ1n) is 5.11. The molecule has 2 heterocycles. The zero-order valence-corrected chi connectivity index (χ0v) is 10.3. The number of aromatic nitrogens is 3. The van der Waals surface area contributed by atoms with Gasteiger partial charge in [0.1, 0.15) is 0 Å². The maximum atomic E-state index is 5.98. The van der Waals surface area contributed by atoms with Gasteiger partial charge in [-0.25, -0.2) is 0 Å². The van der Waals surface area contributed by atoms with E-state index in [0.29, 0.717) is 5.82 Å². The minimum absolute atomic E-state index is 0.111. The van der Waals surface area contributed by atoms with E-state index < -0.39 is 0 Å². The maximum Gasteiger partial charge on any atom is 0.245 e. The number of halogens is 2. The average molecular weight is 267 g/mol. The maximum absolute atomic E-state index is 5.98. The number of hydrogen-bond acceptors (Lipinski definition) is 4. The standard InChI is InChI=1S/C11H8Cl2N4/c12-9-10(14-11(13)16-15-9)17-5-7-3-1-2-4-8(7)6-17/h1-4H,5-6H2. The topological polar surface area (TPSA) is 41.9 Å². The number of benzene rings is 1. The second-order valence-electron chi connectivity index (χ2n) is 3.82. The molecule has 1 aliphatic heterocycles. The Balaban J connectivity index is 1.96. The first-order valence-corrected chi connectivity index (χ1v) is 5.87. The normalized spacial score (nSPS) is 13.9. The molecule has 0 saturated heterocycles. The van der Waals surface area contributed by atoms with Gasteiger partial charge in [0.25, 0.3) is 0 Å². The molecule has 4 nitrogen and oxygen atoms in total. The third kappa shape index (κ3) is 1.94. The van der Waals surface area contributed by atoms with Gasteiger partial charge < -0.3 is 4.90 Å². The molecule has 0 fully saturated rings. The van der Waals surface area contributed by atoms with Crippen LogP contribution in [0.1, 0.15) is 11.1 Å². The van der Waals surface area contributed by atoms with Gasteiger partial charge in [-0.05, 0) is 22.7 Å². The molecule has 0 bridgehead atoms. The minimum atomic E-state index is 0.111. The van der Waals surface area contributed by atoms with Crippen molar-refractivity contribution < 1.29 is 0 Å². The molecule has 1 aliphatic rings. The van der Waals surface area contributed by atoms with Gasteiger partial charge in [0, 0.05) is 13.1 Å². The highest BCUT2D eigenvalue weighted by Gasteiger charge is 2.22. The summed E-state index contributed by atoms with van der Waals surface area (Å²) in [7, 11) is 0. The molecule has 0 unspecified atom stereocenters. The number of nitrogens with zero attached hydrogens (tertiary/aromatic N) is 4. The Morgan fingerprint density at radius 3 is 2.29 bits per heavy atom. The predicted molar refractivity (Wildman–Crippen MR) is 66.2 cm³/mol. The van der Waals surface area contributed by atoms with Gasteiger partial charge in [-0.15, -0.1) is 10.2 Å². The van der Waals surface area contributed by atoms with E-state index in [1.807, 2.05) is 17.0 Å². The van der Waals surface area contributed by atoms with Gasteiger partial charge in [0.15, 0.2) is 11.0 Å². The molecule has 1 aromatic heterocycles. The predicted octanol–water partition coefficient (Wildman–Crippen LogP) is 2.70. The zero-order valence-electron chi connectivity index (χ0n) is 8.77. The summed E-state index contributed by atoms with van der Waals surface area (Å²) >= 11 is 11.7. The van der Waals surface area contributed by atoms with E-state index in [4.69, 9.17) is 23.2 Å². The largest absolute Gasteiger partial charge is 0.345 e. The van der Waals surface area contributed by atoms with Crippen molar-refractivity contribution >= 4 is 29.0 Å². The average Bonchev–Trinajstić information content (AvgIpc) is 2.75. The summed E-state index contributed by atoms with van der Waals surface area (Å²) in [6.45, 7) is 1.54. The van der Waals surface area contributed by atoms with E-state index in [1.54, 1.807) is 0 Å². The van der Waals surface area contributed by atoms with Crippen LogP contribution in [0.25, 0.3) is 0 Å². The summed E-state index contributed by atoms with van der Waals surface area (Å²) in [4.78, 5) is 6.16. The molecule has 2 aromatic rings. The fraction of sp³-hybridized carbons (Fsp3) is 0.182. The van der Waals surface area contributed by atoms with Crippen LogP contribution in [-0.4, -0.2) is 15.2 Å². The molecule has 86 valence electrons. The first kappa shape index (κ1) is 10.7. The van der Waals surface area contributed by atoms with Crippen LogP contribution in [-0.2, 0) is 13.1 Å². The van der Waals surface area contributed by atoms with Crippen LogP contribution in [0.5, 0.6) is 0 Å². The summed E-state index contributed by atoms with van der Waals surface area (Å²) in [5, 5.41) is 7.76. The number of anilines is 1. The van der Waals surface area contributed by atoms with Crippen LogP contribution in [0.15, 0.2) is 24.3 Å². The lowest BCUT2D eigenvalue weighted by molar-refractivity contribution is 0.830. The van der Waals surface area contributed by atoms with Crippen LogP contribution >= 0.6 is 23.2 Å². The van der Waals surface area contributed by atoms with E-state index in [-0.39, 0.29) is 10.4 Å². The zero-order chi connectivity index (χ0) is 11.8. The molecular formula is C11H8Cl2N4. The van der Waals surface area contributed by atoms with Gasteiger partial charge in [-0.3, -0.25) is 0 Å². The monoisotopic (exact) mass is 266 g/mol. The molecule has 0 atom stereocenters. The lowest BCUT2D eigenvalue weighted by Gasteiger charge is -2.16. The molecule has 0 N–H and O–H groups in total. The van der Waals surface area contributed by atoms with Gasteiger partial charge in [-0.1, -0.05) is 35.9 Å². The van der Waals surface area contributed by atoms with Gasteiger partial charge >= 0.3 is 0 Å². The molecule has 0 amide bonds. The molecule has 0 saturated carbocycles. The SMILES string of the molecule is Clc1nnc(Cl)c(N2Cc3ccccc3C2)n1. The highest BCUT2D eigenvalue weighted by molar-refractivity contribution is 6.32. The van der Waals surface area contributed by atoms with Crippen LogP contribution in [0.3, 0.4) is 0 Å². The second-order valence-corrected chi connectivity index (χ2v) is 4.52. The van der Waals surface area contributed by atoms with Crippen molar-refractivity contribution in [2.45, 2.75) is 13.1 Å². The van der Waals surface area contributed by atoms with E-state index in [9.17, 15) is 0 Å². The van der Waals surface area contributed by atoms with Crippen LogP contribution < -0.4 is 4.90 Å². The quantitative estimate of drug-likeness (QED) is 0.796. The van der Waals surface area contributed by atoms with Crippen LogP contribution in [0.2, 0.25) is 10.4 Å². The van der Waals surface area contributed by atoms with Crippen molar-refractivity contribution in [3.8, 4) is 0 Å². The Morgan fingerprint density at radius 1 is 1.00 bits per heavy atom. The van der Waals surface area contributed by atoms with Crippen molar-refractivity contribution in [3.63, 3.8) is 0 Å². The fourth-order valence-corrected chi connectivity index (χ4v) is 2.29. The first-order chi connectivity index (χ1) is 8.24. The number of hydrogen-bond donors (Lipinski definition) is 0. The molecule has 3 rings (SSSR count). The Bertz CT molecular complexity index is 548. The lowest BCUT2D eigenvalue weighted by atomic mass is 10.1. The van der Waals surface area contributed by atoms with Crippen molar-refractivity contribution in [3.05, 3.63) is 45.8 Å². The van der Waals surface area contributed by atoms with Crippen molar-refractivity contribution in [2.24, 2.45) is 0 Å². The summed E-state index contributed by atoms with van der Waals surface area (Å²) in [6.07, 6.45) is 0. The third-order valence-electron chi connectivity index (χ3n) is 2.74. The van der Waals surface area contributed by atoms with E-state index >= 15 is 0 Å². The molecule has 0 radical (unpaired) electrons. The number of fused-ring (bicyclic) bond motifs is 1. The Labute approximate surface area is 108 Å². The Morgan fingerprint density at radius 2 is 1.65 bits per heavy atom. The summed E-state index contributed by atoms with van der Waals surface area (Å²) in [6, 6.07) is 8.24. The molecular weight excluding hydrogens is 259 g/mol. The molecule has 0 aliphatic carbocycles. The van der Waals surface area contributed by atoms with Crippen molar-refractivity contribution in [2.75, 3.05) is 4.90 Å². The molecule has 0 spiro atoms. The van der Waals surface area contributed by atoms with Gasteiger partial charge in [0.2, 0.25) is 5.28 Å². The molecule has 17 heavy (non-hydrogen) atoms. The summed E-state index contributed by atoms with van der Waals surface area (Å²) < 4.78 is 0. The van der Waals surface area contributed by atoms with Crippen LogP contribution in [0.4, 0.5) is 5.82 Å². The minimum Gasteiger partial charge on any atom is -0.345 e. The second kappa shape index (κ2) is 4.13. The summed E-state index contributed by atoms with van der Waals surface area (Å²) in [5.41, 5.74) is 2.55. The number of rotatable bonds is 1. The third-order valence-corrected chi connectivity index (χ3v) is 3.15. The Kier molecular flexibility index (Phi) is 2.61. The Hall–Kier alpha value is -1.39. The highest BCUT2D eigenvalue weighted by atomic mass is 35.5. The molecule has 6 heteroatoms. The van der Waals surface area contributed by atoms with E-state index in [2.05, 4.69) is 27.3 Å². The van der Waals surface area contributed by atoms with Crippen molar-refractivity contribution in [1.29, 1.82) is 0 Å². The van der Waals surface area contributed by atoms with E-state index in [0.717, 1.165) is 13.1 Å². The van der Waals surface area contributed by atoms with E-state index in [1.165, 1.54) is 11.1 Å². The smallest absolute Gasteiger partial charge is 0.245 e. The highest BCUT2D eigenvalue weighted by Crippen LogP contribution is 2.30. The van der Waals surface area contributed by atoms with Crippen LogP contribution in [0, 0.1) is 0 Å². The van der Waals surface area contributed by atoms with Gasteiger partial charge in [-0.2, -0.15) is 4.98 Å². The fourth-order valence-electron chi connectivity index (χ4n) is 1.97. The lowest BCUT2D eigenvalue weighted by Crippen LogP contribution is -2.17. The summed E-state index contributed by atoms with van der Waals surface area (Å²) in [5.74, 6) is 0.586. The molecule has 1 aromatic carbocycles.